The molecule has 0 amide bonds. The predicted octanol–water partition coefficient (Wildman–Crippen LogP) is 4.27. The van der Waals surface area contributed by atoms with Gasteiger partial charge in [0.1, 0.15) is 17.7 Å². The Balaban J connectivity index is 1.40. The molecule has 1 atom stereocenters. The van der Waals surface area contributed by atoms with Gasteiger partial charge in [0.15, 0.2) is 0 Å². The fourth-order valence-electron chi connectivity index (χ4n) is 2.68. The quantitative estimate of drug-likeness (QED) is 0.805. The Morgan fingerprint density at radius 3 is 2.86 bits per heavy atom. The van der Waals surface area contributed by atoms with Gasteiger partial charge in [0, 0.05) is 18.9 Å². The molecule has 1 saturated carbocycles. The van der Waals surface area contributed by atoms with Crippen LogP contribution < -0.4 is 4.74 Å². The Labute approximate surface area is 125 Å². The SMILES string of the molecule is CC1CC=CC=C1COC1CC(Oc2cccc(F)c2)C1. The summed E-state index contributed by atoms with van der Waals surface area (Å²) >= 11 is 0. The first kappa shape index (κ1) is 14.3. The van der Waals surface area contributed by atoms with Crippen LogP contribution in [0, 0.1) is 11.7 Å². The van der Waals surface area contributed by atoms with Crippen LogP contribution in [0.2, 0.25) is 0 Å². The Morgan fingerprint density at radius 2 is 2.10 bits per heavy atom. The largest absolute Gasteiger partial charge is 0.490 e. The summed E-state index contributed by atoms with van der Waals surface area (Å²) < 4.78 is 24.7. The van der Waals surface area contributed by atoms with Crippen LogP contribution in [0.4, 0.5) is 4.39 Å². The van der Waals surface area contributed by atoms with Gasteiger partial charge in [0.05, 0.1) is 12.7 Å². The number of allylic oxidation sites excluding steroid dienone is 3. The minimum absolute atomic E-state index is 0.148. The predicted molar refractivity (Wildman–Crippen MR) is 80.8 cm³/mol. The molecule has 0 radical (unpaired) electrons. The fraction of sp³-hybridized carbons (Fsp3) is 0.444. The van der Waals surface area contributed by atoms with Crippen LogP contribution in [0.15, 0.2) is 48.1 Å². The molecule has 0 saturated heterocycles. The molecule has 1 unspecified atom stereocenters. The van der Waals surface area contributed by atoms with Crippen molar-refractivity contribution >= 4 is 0 Å². The van der Waals surface area contributed by atoms with Gasteiger partial charge in [-0.1, -0.05) is 31.2 Å². The van der Waals surface area contributed by atoms with Gasteiger partial charge in [0.25, 0.3) is 0 Å². The van der Waals surface area contributed by atoms with E-state index in [1.807, 2.05) is 0 Å². The molecular weight excluding hydrogens is 267 g/mol. The lowest BCUT2D eigenvalue weighted by molar-refractivity contribution is -0.0545. The summed E-state index contributed by atoms with van der Waals surface area (Å²) in [7, 11) is 0. The lowest BCUT2D eigenvalue weighted by Gasteiger charge is -2.35. The molecule has 1 aromatic carbocycles. The van der Waals surface area contributed by atoms with Crippen molar-refractivity contribution in [1.82, 2.24) is 0 Å². The fourth-order valence-corrected chi connectivity index (χ4v) is 2.68. The summed E-state index contributed by atoms with van der Waals surface area (Å²) in [6, 6.07) is 6.31. The molecular formula is C18H21FO2. The molecule has 112 valence electrons. The van der Waals surface area contributed by atoms with Gasteiger partial charge in [-0.05, 0) is 30.0 Å². The van der Waals surface area contributed by atoms with Crippen molar-refractivity contribution < 1.29 is 13.9 Å². The second-order valence-corrected chi connectivity index (χ2v) is 5.91. The maximum Gasteiger partial charge on any atom is 0.126 e. The van der Waals surface area contributed by atoms with Crippen molar-refractivity contribution in [2.24, 2.45) is 5.92 Å². The maximum absolute atomic E-state index is 13.1. The van der Waals surface area contributed by atoms with Gasteiger partial charge in [-0.25, -0.2) is 4.39 Å². The maximum atomic E-state index is 13.1. The zero-order valence-electron chi connectivity index (χ0n) is 12.3. The molecule has 3 heteroatoms. The molecule has 0 aromatic heterocycles. The molecule has 2 aliphatic rings. The number of rotatable bonds is 5. The smallest absolute Gasteiger partial charge is 0.126 e. The summed E-state index contributed by atoms with van der Waals surface area (Å²) in [6.07, 6.45) is 9.74. The van der Waals surface area contributed by atoms with E-state index in [-0.39, 0.29) is 18.0 Å². The molecule has 2 aliphatic carbocycles. The standard InChI is InChI=1S/C18H21FO2/c1-13-5-2-3-6-14(13)12-20-17-10-18(11-17)21-16-8-4-7-15(19)9-16/h2-4,6-9,13,17-18H,5,10-12H2,1H3. The number of benzene rings is 1. The van der Waals surface area contributed by atoms with Gasteiger partial charge in [0.2, 0.25) is 0 Å². The first-order chi connectivity index (χ1) is 10.2. The minimum Gasteiger partial charge on any atom is -0.490 e. The molecule has 2 nitrogen and oxygen atoms in total. The van der Waals surface area contributed by atoms with E-state index in [0.29, 0.717) is 18.3 Å². The molecule has 1 aromatic rings. The Morgan fingerprint density at radius 1 is 1.24 bits per heavy atom. The van der Waals surface area contributed by atoms with Crippen LogP contribution in [-0.4, -0.2) is 18.8 Å². The Hall–Kier alpha value is -1.61. The van der Waals surface area contributed by atoms with Crippen LogP contribution in [0.5, 0.6) is 5.75 Å². The molecule has 3 rings (SSSR count). The number of halogens is 1. The first-order valence-electron chi connectivity index (χ1n) is 7.60. The zero-order chi connectivity index (χ0) is 14.7. The third kappa shape index (κ3) is 3.73. The average Bonchev–Trinajstić information content (AvgIpc) is 2.43. The van der Waals surface area contributed by atoms with Crippen molar-refractivity contribution in [2.45, 2.75) is 38.4 Å². The molecule has 21 heavy (non-hydrogen) atoms. The lowest BCUT2D eigenvalue weighted by Crippen LogP contribution is -2.40. The average molecular weight is 288 g/mol. The summed E-state index contributed by atoms with van der Waals surface area (Å²) in [6.45, 7) is 2.94. The number of hydrogen-bond acceptors (Lipinski definition) is 2. The van der Waals surface area contributed by atoms with Gasteiger partial charge >= 0.3 is 0 Å². The minimum atomic E-state index is -0.258. The van der Waals surface area contributed by atoms with E-state index in [1.54, 1.807) is 12.1 Å². The molecule has 0 spiro atoms. The van der Waals surface area contributed by atoms with Crippen molar-refractivity contribution in [3.05, 3.63) is 53.9 Å². The van der Waals surface area contributed by atoms with Crippen LogP contribution >= 0.6 is 0 Å². The number of hydrogen-bond donors (Lipinski definition) is 0. The van der Waals surface area contributed by atoms with Crippen LogP contribution in [0.1, 0.15) is 26.2 Å². The Bertz CT molecular complexity index is 544. The summed E-state index contributed by atoms with van der Waals surface area (Å²) in [5.41, 5.74) is 1.37. The summed E-state index contributed by atoms with van der Waals surface area (Å²) in [4.78, 5) is 0. The van der Waals surface area contributed by atoms with Crippen molar-refractivity contribution in [3.63, 3.8) is 0 Å². The van der Waals surface area contributed by atoms with Crippen molar-refractivity contribution in [2.75, 3.05) is 6.61 Å². The van der Waals surface area contributed by atoms with Gasteiger partial charge in [-0.15, -0.1) is 0 Å². The Kier molecular flexibility index (Phi) is 4.39. The van der Waals surface area contributed by atoms with E-state index in [1.165, 1.54) is 17.7 Å². The van der Waals surface area contributed by atoms with Crippen molar-refractivity contribution in [3.8, 4) is 5.75 Å². The molecule has 0 heterocycles. The van der Waals surface area contributed by atoms with E-state index in [9.17, 15) is 4.39 Å². The number of ether oxygens (including phenoxy) is 2. The highest BCUT2D eigenvalue weighted by Crippen LogP contribution is 2.30. The van der Waals surface area contributed by atoms with E-state index in [4.69, 9.17) is 9.47 Å². The van der Waals surface area contributed by atoms with E-state index >= 15 is 0 Å². The lowest BCUT2D eigenvalue weighted by atomic mass is 9.91. The van der Waals surface area contributed by atoms with Crippen LogP contribution in [0.3, 0.4) is 0 Å². The highest BCUT2D eigenvalue weighted by atomic mass is 19.1. The van der Waals surface area contributed by atoms with E-state index in [2.05, 4.69) is 25.2 Å². The van der Waals surface area contributed by atoms with Crippen molar-refractivity contribution in [1.29, 1.82) is 0 Å². The zero-order valence-corrected chi connectivity index (χ0v) is 12.3. The monoisotopic (exact) mass is 288 g/mol. The third-order valence-electron chi connectivity index (χ3n) is 4.21. The summed E-state index contributed by atoms with van der Waals surface area (Å²) in [5, 5.41) is 0. The van der Waals surface area contributed by atoms with Gasteiger partial charge < -0.3 is 9.47 Å². The topological polar surface area (TPSA) is 18.5 Å². The van der Waals surface area contributed by atoms with E-state index in [0.717, 1.165) is 19.3 Å². The summed E-state index contributed by atoms with van der Waals surface area (Å²) in [5.74, 6) is 0.924. The van der Waals surface area contributed by atoms with Crippen LogP contribution in [0.25, 0.3) is 0 Å². The normalized spacial score (nSPS) is 27.9. The second-order valence-electron chi connectivity index (χ2n) is 5.91. The van der Waals surface area contributed by atoms with Crippen LogP contribution in [-0.2, 0) is 4.74 Å². The first-order valence-corrected chi connectivity index (χ1v) is 7.60. The third-order valence-corrected chi connectivity index (χ3v) is 4.21. The molecule has 0 N–H and O–H groups in total. The van der Waals surface area contributed by atoms with Gasteiger partial charge in [-0.3, -0.25) is 0 Å². The second kappa shape index (κ2) is 6.44. The highest BCUT2D eigenvalue weighted by Gasteiger charge is 2.32. The molecule has 0 bridgehead atoms. The molecule has 1 fully saturated rings. The van der Waals surface area contributed by atoms with Gasteiger partial charge in [-0.2, -0.15) is 0 Å². The van der Waals surface area contributed by atoms with E-state index < -0.39 is 0 Å². The highest BCUT2D eigenvalue weighted by molar-refractivity contribution is 5.23. The molecule has 0 aliphatic heterocycles.